The summed E-state index contributed by atoms with van der Waals surface area (Å²) >= 11 is 0. The second-order valence-electron chi connectivity index (χ2n) is 3.58. The number of hydrogen-bond acceptors (Lipinski definition) is 3. The van der Waals surface area contributed by atoms with E-state index in [9.17, 15) is 0 Å². The molecule has 0 aliphatic heterocycles. The van der Waals surface area contributed by atoms with E-state index in [1.54, 1.807) is 12.4 Å². The average molecular weight is 210 g/mol. The highest BCUT2D eigenvalue weighted by molar-refractivity contribution is 5.99. The third-order valence-corrected chi connectivity index (χ3v) is 2.57. The van der Waals surface area contributed by atoms with E-state index in [2.05, 4.69) is 4.98 Å². The van der Waals surface area contributed by atoms with Gasteiger partial charge in [0.05, 0.1) is 5.56 Å². The molecule has 3 aromatic rings. The molecule has 0 atom stereocenters. The number of nitrogen functional groups attached to an aromatic ring is 1. The number of hydrogen-bond donors (Lipinski definition) is 1. The Hall–Kier alpha value is -2.29. The van der Waals surface area contributed by atoms with Crippen molar-refractivity contribution in [3.8, 4) is 11.1 Å². The molecule has 0 unspecified atom stereocenters. The number of anilines is 1. The van der Waals surface area contributed by atoms with Crippen molar-refractivity contribution in [2.45, 2.75) is 0 Å². The second kappa shape index (κ2) is 3.38. The molecule has 3 rings (SSSR count). The molecule has 16 heavy (non-hydrogen) atoms. The topological polar surface area (TPSA) is 52.0 Å². The maximum atomic E-state index is 5.89. The Balaban J connectivity index is 2.35. The summed E-state index contributed by atoms with van der Waals surface area (Å²) in [7, 11) is 0. The van der Waals surface area contributed by atoms with Crippen LogP contribution in [0.5, 0.6) is 0 Å². The van der Waals surface area contributed by atoms with Crippen molar-refractivity contribution in [2.24, 2.45) is 0 Å². The minimum absolute atomic E-state index is 0.439. The van der Waals surface area contributed by atoms with Crippen LogP contribution in [0.15, 0.2) is 53.2 Å². The summed E-state index contributed by atoms with van der Waals surface area (Å²) in [4.78, 5) is 4.09. The van der Waals surface area contributed by atoms with Gasteiger partial charge in [-0.05, 0) is 12.1 Å². The van der Waals surface area contributed by atoms with Gasteiger partial charge >= 0.3 is 0 Å². The number of furan rings is 1. The van der Waals surface area contributed by atoms with Gasteiger partial charge in [0.25, 0.3) is 0 Å². The quantitative estimate of drug-likeness (QED) is 0.671. The van der Waals surface area contributed by atoms with Gasteiger partial charge in [0.1, 0.15) is 5.58 Å². The molecule has 2 N–H and O–H groups in total. The second-order valence-corrected chi connectivity index (χ2v) is 3.58. The van der Waals surface area contributed by atoms with Gasteiger partial charge in [-0.25, -0.2) is 0 Å². The van der Waals surface area contributed by atoms with E-state index >= 15 is 0 Å². The molecule has 0 saturated carbocycles. The van der Waals surface area contributed by atoms with Crippen LogP contribution in [0.1, 0.15) is 0 Å². The van der Waals surface area contributed by atoms with Crippen molar-refractivity contribution in [2.75, 3.05) is 5.73 Å². The summed E-state index contributed by atoms with van der Waals surface area (Å²) in [6.45, 7) is 0. The standard InChI is InChI=1S/C13H10N2O/c14-13-12(9-4-3-7-15-8-9)10-5-1-2-6-11(10)16-13/h1-8H,14H2. The molecule has 0 fully saturated rings. The molecule has 0 spiro atoms. The molecule has 0 radical (unpaired) electrons. The monoisotopic (exact) mass is 210 g/mol. The van der Waals surface area contributed by atoms with E-state index in [1.807, 2.05) is 36.4 Å². The van der Waals surface area contributed by atoms with Crippen LogP contribution >= 0.6 is 0 Å². The molecule has 0 saturated heterocycles. The number of benzene rings is 1. The Morgan fingerprint density at radius 2 is 1.94 bits per heavy atom. The van der Waals surface area contributed by atoms with Crippen molar-refractivity contribution in [3.63, 3.8) is 0 Å². The van der Waals surface area contributed by atoms with Crippen molar-refractivity contribution in [1.29, 1.82) is 0 Å². The maximum absolute atomic E-state index is 5.89. The number of aromatic nitrogens is 1. The lowest BCUT2D eigenvalue weighted by Gasteiger charge is -1.98. The molecule has 0 aliphatic rings. The van der Waals surface area contributed by atoms with E-state index in [4.69, 9.17) is 10.2 Å². The Morgan fingerprint density at radius 1 is 1.06 bits per heavy atom. The van der Waals surface area contributed by atoms with Crippen LogP contribution in [0, 0.1) is 0 Å². The summed E-state index contributed by atoms with van der Waals surface area (Å²) in [5.74, 6) is 0.439. The molecule has 3 heteroatoms. The summed E-state index contributed by atoms with van der Waals surface area (Å²) in [5, 5.41) is 1.02. The van der Waals surface area contributed by atoms with Crippen LogP contribution in [-0.4, -0.2) is 4.98 Å². The summed E-state index contributed by atoms with van der Waals surface area (Å²) in [6.07, 6.45) is 3.52. The number of nitrogens with two attached hydrogens (primary N) is 1. The van der Waals surface area contributed by atoms with E-state index in [1.165, 1.54) is 0 Å². The van der Waals surface area contributed by atoms with Crippen LogP contribution in [-0.2, 0) is 0 Å². The van der Waals surface area contributed by atoms with Crippen LogP contribution in [0.3, 0.4) is 0 Å². The Kier molecular flexibility index (Phi) is 1.90. The minimum atomic E-state index is 0.439. The maximum Gasteiger partial charge on any atom is 0.199 e. The number of nitrogens with zero attached hydrogens (tertiary/aromatic N) is 1. The van der Waals surface area contributed by atoms with Crippen LogP contribution in [0.2, 0.25) is 0 Å². The fraction of sp³-hybridized carbons (Fsp3) is 0. The third kappa shape index (κ3) is 1.26. The zero-order valence-electron chi connectivity index (χ0n) is 8.55. The molecule has 0 aliphatic carbocycles. The molecule has 3 nitrogen and oxygen atoms in total. The van der Waals surface area contributed by atoms with Gasteiger partial charge in [0, 0.05) is 23.3 Å². The average Bonchev–Trinajstić information content (AvgIpc) is 2.66. The Morgan fingerprint density at radius 3 is 2.75 bits per heavy atom. The lowest BCUT2D eigenvalue weighted by molar-refractivity contribution is 0.638. The van der Waals surface area contributed by atoms with Gasteiger partial charge in [0.15, 0.2) is 5.88 Å². The van der Waals surface area contributed by atoms with Crippen molar-refractivity contribution >= 4 is 16.9 Å². The van der Waals surface area contributed by atoms with Crippen LogP contribution in [0.4, 0.5) is 5.88 Å². The molecular formula is C13H10N2O. The molecular weight excluding hydrogens is 200 g/mol. The van der Waals surface area contributed by atoms with Gasteiger partial charge in [-0.2, -0.15) is 0 Å². The number of rotatable bonds is 1. The first kappa shape index (κ1) is 8.97. The Labute approximate surface area is 92.5 Å². The summed E-state index contributed by atoms with van der Waals surface area (Å²) in [6, 6.07) is 11.7. The molecule has 78 valence electrons. The summed E-state index contributed by atoms with van der Waals surface area (Å²) < 4.78 is 5.50. The van der Waals surface area contributed by atoms with Crippen LogP contribution in [0.25, 0.3) is 22.1 Å². The zero-order chi connectivity index (χ0) is 11.0. The normalized spacial score (nSPS) is 10.8. The smallest absolute Gasteiger partial charge is 0.199 e. The molecule has 0 bridgehead atoms. The number of fused-ring (bicyclic) bond motifs is 1. The van der Waals surface area contributed by atoms with Crippen molar-refractivity contribution in [1.82, 2.24) is 4.98 Å². The van der Waals surface area contributed by atoms with E-state index in [0.29, 0.717) is 5.88 Å². The van der Waals surface area contributed by atoms with Gasteiger partial charge in [-0.15, -0.1) is 0 Å². The van der Waals surface area contributed by atoms with E-state index < -0.39 is 0 Å². The zero-order valence-corrected chi connectivity index (χ0v) is 8.55. The SMILES string of the molecule is Nc1oc2ccccc2c1-c1cccnc1. The third-order valence-electron chi connectivity index (χ3n) is 2.57. The predicted octanol–water partition coefficient (Wildman–Crippen LogP) is 3.08. The lowest BCUT2D eigenvalue weighted by atomic mass is 10.1. The van der Waals surface area contributed by atoms with Crippen LogP contribution < -0.4 is 5.73 Å². The van der Waals surface area contributed by atoms with Gasteiger partial charge in [0.2, 0.25) is 0 Å². The first-order valence-corrected chi connectivity index (χ1v) is 5.03. The van der Waals surface area contributed by atoms with Crippen molar-refractivity contribution in [3.05, 3.63) is 48.8 Å². The molecule has 2 heterocycles. The number of pyridine rings is 1. The predicted molar refractivity (Wildman–Crippen MR) is 63.9 cm³/mol. The molecule has 0 amide bonds. The largest absolute Gasteiger partial charge is 0.440 e. The van der Waals surface area contributed by atoms with Gasteiger partial charge in [-0.1, -0.05) is 24.3 Å². The van der Waals surface area contributed by atoms with E-state index in [0.717, 1.165) is 22.1 Å². The number of para-hydroxylation sites is 1. The molecule has 2 aromatic heterocycles. The van der Waals surface area contributed by atoms with Gasteiger partial charge < -0.3 is 10.2 Å². The van der Waals surface area contributed by atoms with Crippen molar-refractivity contribution < 1.29 is 4.42 Å². The fourth-order valence-electron chi connectivity index (χ4n) is 1.87. The lowest BCUT2D eigenvalue weighted by Crippen LogP contribution is -1.85. The summed E-state index contributed by atoms with van der Waals surface area (Å²) in [5.41, 5.74) is 8.59. The van der Waals surface area contributed by atoms with E-state index in [-0.39, 0.29) is 0 Å². The first-order valence-electron chi connectivity index (χ1n) is 5.03. The minimum Gasteiger partial charge on any atom is -0.440 e. The van der Waals surface area contributed by atoms with Gasteiger partial charge in [-0.3, -0.25) is 4.98 Å². The molecule has 1 aromatic carbocycles. The highest BCUT2D eigenvalue weighted by atomic mass is 16.3. The highest BCUT2D eigenvalue weighted by Gasteiger charge is 2.12. The fourth-order valence-corrected chi connectivity index (χ4v) is 1.87. The Bertz CT molecular complexity index is 629. The first-order chi connectivity index (χ1) is 7.86. The highest BCUT2D eigenvalue weighted by Crippen LogP contribution is 2.35.